The third-order valence-corrected chi connectivity index (χ3v) is 6.16. The van der Waals surface area contributed by atoms with Gasteiger partial charge in [0.2, 0.25) is 15.9 Å². The second-order valence-corrected chi connectivity index (χ2v) is 7.78. The van der Waals surface area contributed by atoms with Crippen molar-refractivity contribution >= 4 is 27.6 Å². The minimum Gasteiger partial charge on any atom is -0.463 e. The van der Waals surface area contributed by atoms with Crippen LogP contribution in [0.1, 0.15) is 32.7 Å². The quantitative estimate of drug-likeness (QED) is 0.629. The molecular weight excluding hydrogens is 360 g/mol. The molecule has 2 heterocycles. The Morgan fingerprint density at radius 1 is 1.04 bits per heavy atom. The summed E-state index contributed by atoms with van der Waals surface area (Å²) in [6.07, 6.45) is -0.753. The predicted molar refractivity (Wildman–Crippen MR) is 86.5 cm³/mol. The number of sulfone groups is 1. The topological polar surface area (TPSA) is 104 Å². The summed E-state index contributed by atoms with van der Waals surface area (Å²) in [5, 5.41) is 0. The van der Waals surface area contributed by atoms with E-state index in [2.05, 4.69) is 0 Å². The Bertz CT molecular complexity index is 1070. The van der Waals surface area contributed by atoms with Gasteiger partial charge in [0.05, 0.1) is 22.0 Å². The van der Waals surface area contributed by atoms with Crippen LogP contribution in [0.15, 0.2) is 52.3 Å². The molecule has 0 aromatic heterocycles. The van der Waals surface area contributed by atoms with E-state index in [4.69, 9.17) is 9.47 Å². The highest BCUT2D eigenvalue weighted by Crippen LogP contribution is 2.34. The molecule has 0 spiro atoms. The van der Waals surface area contributed by atoms with Crippen molar-refractivity contribution in [1.82, 2.24) is 0 Å². The van der Waals surface area contributed by atoms with Crippen LogP contribution in [0.3, 0.4) is 0 Å². The molecule has 7 nitrogen and oxygen atoms in total. The monoisotopic (exact) mass is 372 g/mol. The van der Waals surface area contributed by atoms with Crippen molar-refractivity contribution in [1.29, 1.82) is 0 Å². The number of hydrogen-bond donors (Lipinski definition) is 0. The van der Waals surface area contributed by atoms with E-state index in [-0.39, 0.29) is 39.5 Å². The van der Waals surface area contributed by atoms with Gasteiger partial charge in [0.25, 0.3) is 0 Å². The zero-order valence-corrected chi connectivity index (χ0v) is 14.1. The molecule has 132 valence electrons. The summed E-state index contributed by atoms with van der Waals surface area (Å²) in [6.45, 7) is 0.167. The summed E-state index contributed by atoms with van der Waals surface area (Å²) in [6, 6.07) is 9.62. The minimum absolute atomic E-state index is 0.000487. The Morgan fingerprint density at radius 2 is 1.77 bits per heavy atom. The highest BCUT2D eigenvalue weighted by molar-refractivity contribution is 7.91. The largest absolute Gasteiger partial charge is 0.463 e. The average molecular weight is 372 g/mol. The van der Waals surface area contributed by atoms with Crippen molar-refractivity contribution in [3.05, 3.63) is 59.2 Å². The van der Waals surface area contributed by atoms with Crippen molar-refractivity contribution < 1.29 is 32.3 Å². The van der Waals surface area contributed by atoms with Gasteiger partial charge in [-0.05, 0) is 30.3 Å². The van der Waals surface area contributed by atoms with E-state index in [0.717, 1.165) is 6.07 Å². The SMILES string of the molecule is O=C(O[C@H]1CCOC1=O)c1ccc2c(c1)S(=O)(=O)c1ccccc1C2=O. The summed E-state index contributed by atoms with van der Waals surface area (Å²) in [7, 11) is -3.95. The summed E-state index contributed by atoms with van der Waals surface area (Å²) >= 11 is 0. The van der Waals surface area contributed by atoms with E-state index >= 15 is 0 Å². The maximum absolute atomic E-state index is 12.8. The van der Waals surface area contributed by atoms with Crippen molar-refractivity contribution in [2.24, 2.45) is 0 Å². The Balaban J connectivity index is 1.75. The van der Waals surface area contributed by atoms with Gasteiger partial charge in [-0.2, -0.15) is 0 Å². The molecule has 1 fully saturated rings. The van der Waals surface area contributed by atoms with E-state index in [1.165, 1.54) is 30.3 Å². The molecule has 0 saturated carbocycles. The smallest absolute Gasteiger partial charge is 0.347 e. The second kappa shape index (κ2) is 5.77. The number of carbonyl (C=O) groups is 3. The number of benzene rings is 2. The zero-order chi connectivity index (χ0) is 18.5. The molecule has 2 aliphatic rings. The average Bonchev–Trinajstić information content (AvgIpc) is 3.04. The molecule has 8 heteroatoms. The maximum atomic E-state index is 12.8. The molecule has 0 radical (unpaired) electrons. The van der Waals surface area contributed by atoms with Crippen LogP contribution in [-0.2, 0) is 24.1 Å². The highest BCUT2D eigenvalue weighted by Gasteiger charge is 2.36. The standard InChI is InChI=1S/C18H12O7S/c19-16-11-3-1-2-4-14(11)26(22,23)15-9-10(5-6-12(15)16)17(20)25-13-7-8-24-18(13)21/h1-6,9,13H,7-8H2/t13-/m0/s1. The fourth-order valence-corrected chi connectivity index (χ4v) is 4.67. The number of rotatable bonds is 2. The number of cyclic esters (lactones) is 1. The molecule has 26 heavy (non-hydrogen) atoms. The van der Waals surface area contributed by atoms with Gasteiger partial charge in [0, 0.05) is 17.5 Å². The molecule has 0 aliphatic carbocycles. The van der Waals surface area contributed by atoms with Gasteiger partial charge < -0.3 is 9.47 Å². The minimum atomic E-state index is -3.95. The molecule has 2 aromatic carbocycles. The molecule has 2 aliphatic heterocycles. The fraction of sp³-hybridized carbons (Fsp3) is 0.167. The summed E-state index contributed by atoms with van der Waals surface area (Å²) in [4.78, 5) is 35.9. The van der Waals surface area contributed by atoms with Crippen molar-refractivity contribution in [3.63, 3.8) is 0 Å². The fourth-order valence-electron chi connectivity index (χ4n) is 2.99. The van der Waals surface area contributed by atoms with Crippen LogP contribution in [0.25, 0.3) is 0 Å². The van der Waals surface area contributed by atoms with E-state index in [1.54, 1.807) is 6.07 Å². The number of esters is 2. The normalized spacial score (nSPS) is 20.1. The van der Waals surface area contributed by atoms with Gasteiger partial charge in [-0.25, -0.2) is 18.0 Å². The molecule has 0 bridgehead atoms. The van der Waals surface area contributed by atoms with Gasteiger partial charge >= 0.3 is 11.9 Å². The summed E-state index contributed by atoms with van der Waals surface area (Å²) in [5.74, 6) is -1.91. The van der Waals surface area contributed by atoms with E-state index in [1.807, 2.05) is 0 Å². The Labute approximate surface area is 148 Å². The van der Waals surface area contributed by atoms with Gasteiger partial charge in [0.15, 0.2) is 5.78 Å². The molecule has 1 saturated heterocycles. The molecule has 4 rings (SSSR count). The highest BCUT2D eigenvalue weighted by atomic mass is 32.2. The van der Waals surface area contributed by atoms with E-state index in [9.17, 15) is 22.8 Å². The van der Waals surface area contributed by atoms with Crippen LogP contribution in [0.4, 0.5) is 0 Å². The number of carbonyl (C=O) groups excluding carboxylic acids is 3. The lowest BCUT2D eigenvalue weighted by Gasteiger charge is -2.19. The lowest BCUT2D eigenvalue weighted by atomic mass is 10.0. The number of hydrogen-bond acceptors (Lipinski definition) is 7. The van der Waals surface area contributed by atoms with E-state index in [0.29, 0.717) is 0 Å². The maximum Gasteiger partial charge on any atom is 0.347 e. The first-order valence-electron chi connectivity index (χ1n) is 7.80. The summed E-state index contributed by atoms with van der Waals surface area (Å²) < 4.78 is 35.5. The van der Waals surface area contributed by atoms with Crippen LogP contribution in [0.5, 0.6) is 0 Å². The number of ether oxygens (including phenoxy) is 2. The third-order valence-electron chi connectivity index (χ3n) is 4.31. The molecule has 0 amide bonds. The van der Waals surface area contributed by atoms with Gasteiger partial charge in [-0.15, -0.1) is 0 Å². The van der Waals surface area contributed by atoms with E-state index < -0.39 is 33.7 Å². The predicted octanol–water partition coefficient (Wildman–Crippen LogP) is 1.54. The first-order chi connectivity index (χ1) is 12.4. The molecule has 1 atom stereocenters. The third kappa shape index (κ3) is 2.41. The Hall–Kier alpha value is -3.00. The number of fused-ring (bicyclic) bond motifs is 2. The van der Waals surface area contributed by atoms with Crippen molar-refractivity contribution in [2.45, 2.75) is 22.3 Å². The van der Waals surface area contributed by atoms with Crippen molar-refractivity contribution in [3.8, 4) is 0 Å². The zero-order valence-electron chi connectivity index (χ0n) is 13.3. The molecule has 0 unspecified atom stereocenters. The van der Waals surface area contributed by atoms with Crippen LogP contribution in [-0.4, -0.2) is 38.9 Å². The van der Waals surface area contributed by atoms with Crippen LogP contribution >= 0.6 is 0 Å². The van der Waals surface area contributed by atoms with Gasteiger partial charge in [0.1, 0.15) is 0 Å². The lowest BCUT2D eigenvalue weighted by molar-refractivity contribution is -0.145. The van der Waals surface area contributed by atoms with Crippen LogP contribution < -0.4 is 0 Å². The molecule has 2 aromatic rings. The molecular formula is C18H12O7S. The summed E-state index contributed by atoms with van der Waals surface area (Å²) in [5.41, 5.74) is 0.0451. The van der Waals surface area contributed by atoms with Crippen LogP contribution in [0.2, 0.25) is 0 Å². The molecule has 0 N–H and O–H groups in total. The van der Waals surface area contributed by atoms with Crippen LogP contribution in [0, 0.1) is 0 Å². The lowest BCUT2D eigenvalue weighted by Crippen LogP contribution is -2.24. The Morgan fingerprint density at radius 3 is 2.50 bits per heavy atom. The second-order valence-electron chi connectivity index (χ2n) is 5.89. The van der Waals surface area contributed by atoms with Gasteiger partial charge in [-0.3, -0.25) is 4.79 Å². The first kappa shape index (κ1) is 16.5. The first-order valence-corrected chi connectivity index (χ1v) is 9.28. The van der Waals surface area contributed by atoms with Gasteiger partial charge in [-0.1, -0.05) is 12.1 Å². The van der Waals surface area contributed by atoms with Crippen molar-refractivity contribution in [2.75, 3.05) is 6.61 Å². The number of ketones is 1. The Kier molecular flexibility index (Phi) is 3.66.